The van der Waals surface area contributed by atoms with Crippen molar-refractivity contribution in [2.75, 3.05) is 0 Å². The van der Waals surface area contributed by atoms with Gasteiger partial charge in [0.25, 0.3) is 0 Å². The van der Waals surface area contributed by atoms with E-state index < -0.39 is 0 Å². The molecule has 0 spiro atoms. The maximum atomic E-state index is 9.52. The molecule has 4 nitrogen and oxygen atoms in total. The molecule has 0 saturated heterocycles. The van der Waals surface area contributed by atoms with E-state index in [0.717, 1.165) is 10.8 Å². The molecule has 4 heteroatoms. The zero-order valence-electron chi connectivity index (χ0n) is 13.2. The molecule has 0 atom stereocenters. The summed E-state index contributed by atoms with van der Waals surface area (Å²) in [6.45, 7) is 7.56. The van der Waals surface area contributed by atoms with Crippen molar-refractivity contribution in [3.05, 3.63) is 35.4 Å². The Bertz CT molecular complexity index is 714. The van der Waals surface area contributed by atoms with E-state index in [0.29, 0.717) is 11.5 Å². The SMILES string of the molecule is CC(C)Oc1c(C#N)c(C#N)c(OC(C)C)c2ccccc12. The third-order valence-corrected chi connectivity index (χ3v) is 3.05. The maximum absolute atomic E-state index is 9.52. The Hall–Kier alpha value is -2.72. The van der Waals surface area contributed by atoms with Gasteiger partial charge >= 0.3 is 0 Å². The van der Waals surface area contributed by atoms with Gasteiger partial charge in [-0.25, -0.2) is 0 Å². The largest absolute Gasteiger partial charge is 0.489 e. The van der Waals surface area contributed by atoms with E-state index in [1.54, 1.807) is 0 Å². The van der Waals surface area contributed by atoms with Crippen LogP contribution in [0.3, 0.4) is 0 Å². The highest BCUT2D eigenvalue weighted by Crippen LogP contribution is 2.41. The van der Waals surface area contributed by atoms with Crippen LogP contribution < -0.4 is 9.47 Å². The second-order valence-corrected chi connectivity index (χ2v) is 5.51. The minimum atomic E-state index is -0.0982. The van der Waals surface area contributed by atoms with Gasteiger partial charge in [-0.2, -0.15) is 10.5 Å². The average Bonchev–Trinajstić information content (AvgIpc) is 2.48. The van der Waals surface area contributed by atoms with Crippen LogP contribution >= 0.6 is 0 Å². The van der Waals surface area contributed by atoms with Crippen LogP contribution in [-0.2, 0) is 0 Å². The monoisotopic (exact) mass is 294 g/mol. The van der Waals surface area contributed by atoms with E-state index in [2.05, 4.69) is 12.1 Å². The van der Waals surface area contributed by atoms with E-state index in [4.69, 9.17) is 9.47 Å². The highest BCUT2D eigenvalue weighted by molar-refractivity contribution is 5.98. The van der Waals surface area contributed by atoms with E-state index in [9.17, 15) is 10.5 Å². The van der Waals surface area contributed by atoms with Gasteiger partial charge < -0.3 is 9.47 Å². The molecular formula is C18H18N2O2. The Kier molecular flexibility index (Phi) is 4.53. The van der Waals surface area contributed by atoms with Crippen LogP contribution in [0.25, 0.3) is 10.8 Å². The first kappa shape index (κ1) is 15.7. The average molecular weight is 294 g/mol. The van der Waals surface area contributed by atoms with E-state index in [1.807, 2.05) is 52.0 Å². The van der Waals surface area contributed by atoms with Crippen molar-refractivity contribution in [1.82, 2.24) is 0 Å². The standard InChI is InChI=1S/C18H18N2O2/c1-11(2)21-17-13-7-5-6-8-14(13)18(22-12(3)4)16(10-20)15(17)9-19/h5-8,11-12H,1-4H3. The first-order valence-electron chi connectivity index (χ1n) is 7.21. The van der Waals surface area contributed by atoms with Gasteiger partial charge in [-0.15, -0.1) is 0 Å². The lowest BCUT2D eigenvalue weighted by molar-refractivity contribution is 0.238. The fraction of sp³-hybridized carbons (Fsp3) is 0.333. The Morgan fingerprint density at radius 2 is 1.14 bits per heavy atom. The van der Waals surface area contributed by atoms with Crippen LogP contribution in [0, 0.1) is 22.7 Å². The minimum absolute atomic E-state index is 0.0982. The lowest BCUT2D eigenvalue weighted by Crippen LogP contribution is -2.11. The van der Waals surface area contributed by atoms with Gasteiger partial charge in [0.05, 0.1) is 12.2 Å². The van der Waals surface area contributed by atoms with E-state index in [1.165, 1.54) is 0 Å². The third kappa shape index (κ3) is 2.82. The smallest absolute Gasteiger partial charge is 0.146 e. The van der Waals surface area contributed by atoms with Crippen molar-refractivity contribution in [2.24, 2.45) is 0 Å². The number of hydrogen-bond donors (Lipinski definition) is 0. The molecule has 2 rings (SSSR count). The lowest BCUT2D eigenvalue weighted by Gasteiger charge is -2.19. The topological polar surface area (TPSA) is 66.0 Å². The van der Waals surface area contributed by atoms with Gasteiger partial charge in [0.15, 0.2) is 0 Å². The molecule has 0 aliphatic heterocycles. The molecule has 0 saturated carbocycles. The van der Waals surface area contributed by atoms with Gasteiger partial charge in [-0.05, 0) is 27.7 Å². The Morgan fingerprint density at radius 3 is 1.41 bits per heavy atom. The molecule has 112 valence electrons. The second-order valence-electron chi connectivity index (χ2n) is 5.51. The molecule has 0 aliphatic rings. The summed E-state index contributed by atoms with van der Waals surface area (Å²) in [6.07, 6.45) is -0.196. The predicted octanol–water partition coefficient (Wildman–Crippen LogP) is 4.16. The number of rotatable bonds is 4. The van der Waals surface area contributed by atoms with Crippen LogP contribution in [0.5, 0.6) is 11.5 Å². The molecule has 0 aliphatic carbocycles. The summed E-state index contributed by atoms with van der Waals surface area (Å²) in [6, 6.07) is 11.7. The van der Waals surface area contributed by atoms with Crippen LogP contribution in [0.1, 0.15) is 38.8 Å². The summed E-state index contributed by atoms with van der Waals surface area (Å²) in [5.74, 6) is 0.890. The normalized spacial score (nSPS) is 10.5. The van der Waals surface area contributed by atoms with Crippen molar-refractivity contribution < 1.29 is 9.47 Å². The summed E-state index contributed by atoms with van der Waals surface area (Å²) in [5, 5.41) is 20.6. The molecule has 0 unspecified atom stereocenters. The molecule has 0 fully saturated rings. The number of benzene rings is 2. The Morgan fingerprint density at radius 1 is 0.773 bits per heavy atom. The number of fused-ring (bicyclic) bond motifs is 1. The zero-order chi connectivity index (χ0) is 16.3. The second kappa shape index (κ2) is 6.37. The molecular weight excluding hydrogens is 276 g/mol. The summed E-state index contributed by atoms with van der Waals surface area (Å²) in [4.78, 5) is 0. The molecule has 22 heavy (non-hydrogen) atoms. The molecule has 2 aromatic carbocycles. The first-order valence-corrected chi connectivity index (χ1v) is 7.21. The quantitative estimate of drug-likeness (QED) is 0.849. The van der Waals surface area contributed by atoms with Gasteiger partial charge in [-0.1, -0.05) is 24.3 Å². The molecule has 2 aromatic rings. The molecule has 0 N–H and O–H groups in total. The van der Waals surface area contributed by atoms with Gasteiger partial charge in [0, 0.05) is 10.8 Å². The number of ether oxygens (including phenoxy) is 2. The summed E-state index contributed by atoms with van der Waals surface area (Å²) < 4.78 is 11.6. The van der Waals surface area contributed by atoms with Gasteiger partial charge in [0.2, 0.25) is 0 Å². The predicted molar refractivity (Wildman–Crippen MR) is 84.9 cm³/mol. The number of hydrogen-bond acceptors (Lipinski definition) is 4. The van der Waals surface area contributed by atoms with Gasteiger partial charge in [0.1, 0.15) is 34.8 Å². The molecule has 0 radical (unpaired) electrons. The highest BCUT2D eigenvalue weighted by atomic mass is 16.5. The fourth-order valence-corrected chi connectivity index (χ4v) is 2.31. The number of nitriles is 2. The fourth-order valence-electron chi connectivity index (χ4n) is 2.31. The van der Waals surface area contributed by atoms with E-state index >= 15 is 0 Å². The first-order chi connectivity index (χ1) is 10.5. The van der Waals surface area contributed by atoms with Crippen molar-refractivity contribution >= 4 is 10.8 Å². The minimum Gasteiger partial charge on any atom is -0.489 e. The van der Waals surface area contributed by atoms with Crippen molar-refractivity contribution in [3.8, 4) is 23.6 Å². The van der Waals surface area contributed by atoms with Crippen LogP contribution in [0.2, 0.25) is 0 Å². The van der Waals surface area contributed by atoms with Crippen molar-refractivity contribution in [1.29, 1.82) is 10.5 Å². The molecule has 0 aromatic heterocycles. The van der Waals surface area contributed by atoms with Crippen LogP contribution in [0.15, 0.2) is 24.3 Å². The van der Waals surface area contributed by atoms with Crippen molar-refractivity contribution in [2.45, 2.75) is 39.9 Å². The van der Waals surface area contributed by atoms with Crippen LogP contribution in [-0.4, -0.2) is 12.2 Å². The number of nitrogens with zero attached hydrogens (tertiary/aromatic N) is 2. The van der Waals surface area contributed by atoms with Gasteiger partial charge in [-0.3, -0.25) is 0 Å². The maximum Gasteiger partial charge on any atom is 0.146 e. The van der Waals surface area contributed by atoms with Crippen LogP contribution in [0.4, 0.5) is 0 Å². The Labute approximate surface area is 130 Å². The zero-order valence-corrected chi connectivity index (χ0v) is 13.2. The molecule has 0 heterocycles. The molecule has 0 bridgehead atoms. The summed E-state index contributed by atoms with van der Waals surface area (Å²) >= 11 is 0. The lowest BCUT2D eigenvalue weighted by atomic mass is 9.98. The molecule has 0 amide bonds. The third-order valence-electron chi connectivity index (χ3n) is 3.05. The summed E-state index contributed by atoms with van der Waals surface area (Å²) in [5.41, 5.74) is 0.455. The van der Waals surface area contributed by atoms with E-state index in [-0.39, 0.29) is 23.3 Å². The highest BCUT2D eigenvalue weighted by Gasteiger charge is 2.22. The van der Waals surface area contributed by atoms with Crippen molar-refractivity contribution in [3.63, 3.8) is 0 Å². The Balaban J connectivity index is 2.91. The summed E-state index contributed by atoms with van der Waals surface area (Å²) in [7, 11) is 0.